The van der Waals surface area contributed by atoms with E-state index in [9.17, 15) is 0 Å². The molecule has 3 aliphatic rings. The molecule has 0 saturated heterocycles. The Balaban J connectivity index is 1.59. The average molecular weight is 197 g/mol. The van der Waals surface area contributed by atoms with Gasteiger partial charge in [0.05, 0.1) is 0 Å². The van der Waals surface area contributed by atoms with Crippen LogP contribution in [-0.2, 0) is 4.74 Å². The third-order valence-corrected chi connectivity index (χ3v) is 4.11. The van der Waals surface area contributed by atoms with Crippen LogP contribution in [0.2, 0.25) is 0 Å². The van der Waals surface area contributed by atoms with Crippen molar-refractivity contribution in [3.05, 3.63) is 0 Å². The summed E-state index contributed by atoms with van der Waals surface area (Å²) in [7, 11) is 3.87. The molecule has 0 spiro atoms. The van der Waals surface area contributed by atoms with Gasteiger partial charge in [-0.05, 0) is 50.0 Å². The minimum Gasteiger partial charge on any atom is -0.385 e. The standard InChI is InChI=1S/C12H23NO/c1-13-10-12-7-11(8-12,9-12)5-3-4-6-14-2/h13H,3-10H2,1-2H3. The van der Waals surface area contributed by atoms with Gasteiger partial charge in [0.1, 0.15) is 0 Å². The highest BCUT2D eigenvalue weighted by Gasteiger charge is 2.65. The average Bonchev–Trinajstić information content (AvgIpc) is 2.05. The lowest BCUT2D eigenvalue weighted by Gasteiger charge is -2.71. The van der Waals surface area contributed by atoms with E-state index in [0.717, 1.165) is 17.4 Å². The Bertz CT molecular complexity index is 183. The first kappa shape index (κ1) is 10.4. The van der Waals surface area contributed by atoms with Gasteiger partial charge in [-0.3, -0.25) is 0 Å². The van der Waals surface area contributed by atoms with Gasteiger partial charge in [-0.15, -0.1) is 0 Å². The van der Waals surface area contributed by atoms with Gasteiger partial charge in [-0.25, -0.2) is 0 Å². The molecular weight excluding hydrogens is 174 g/mol. The molecule has 0 unspecified atom stereocenters. The molecule has 2 bridgehead atoms. The number of hydrogen-bond acceptors (Lipinski definition) is 2. The van der Waals surface area contributed by atoms with Crippen LogP contribution >= 0.6 is 0 Å². The zero-order valence-electron chi connectivity index (χ0n) is 9.57. The van der Waals surface area contributed by atoms with Crippen molar-refractivity contribution < 1.29 is 4.74 Å². The van der Waals surface area contributed by atoms with E-state index in [1.807, 2.05) is 0 Å². The first-order valence-corrected chi connectivity index (χ1v) is 5.88. The van der Waals surface area contributed by atoms with Crippen molar-refractivity contribution in [1.29, 1.82) is 0 Å². The van der Waals surface area contributed by atoms with Crippen LogP contribution in [0.3, 0.4) is 0 Å². The summed E-state index contributed by atoms with van der Waals surface area (Å²) in [5.41, 5.74) is 1.51. The predicted octanol–water partition coefficient (Wildman–Crippen LogP) is 2.19. The summed E-state index contributed by atoms with van der Waals surface area (Å²) in [4.78, 5) is 0. The summed E-state index contributed by atoms with van der Waals surface area (Å²) in [6, 6.07) is 0. The Hall–Kier alpha value is -0.0800. The maximum atomic E-state index is 5.07. The summed E-state index contributed by atoms with van der Waals surface area (Å²) < 4.78 is 5.07. The third-order valence-electron chi connectivity index (χ3n) is 4.11. The van der Waals surface area contributed by atoms with Crippen molar-refractivity contribution in [1.82, 2.24) is 5.32 Å². The Labute approximate surface area is 87.4 Å². The summed E-state index contributed by atoms with van der Waals surface area (Å²) in [6.45, 7) is 2.19. The van der Waals surface area contributed by atoms with Crippen LogP contribution in [0.25, 0.3) is 0 Å². The Morgan fingerprint density at radius 1 is 1.14 bits per heavy atom. The SMILES string of the molecule is CNCC12CC(CCCCOC)(C1)C2. The normalized spacial score (nSPS) is 39.0. The second-order valence-electron chi connectivity index (χ2n) is 5.51. The Morgan fingerprint density at radius 2 is 1.86 bits per heavy atom. The number of rotatable bonds is 7. The molecule has 3 fully saturated rings. The molecule has 0 atom stereocenters. The second kappa shape index (κ2) is 3.82. The second-order valence-corrected chi connectivity index (χ2v) is 5.51. The van der Waals surface area contributed by atoms with Gasteiger partial charge in [0.2, 0.25) is 0 Å². The molecule has 0 aliphatic heterocycles. The van der Waals surface area contributed by atoms with E-state index in [1.165, 1.54) is 45.1 Å². The van der Waals surface area contributed by atoms with E-state index in [4.69, 9.17) is 4.74 Å². The molecule has 0 radical (unpaired) electrons. The number of ether oxygens (including phenoxy) is 1. The largest absolute Gasteiger partial charge is 0.385 e. The van der Waals surface area contributed by atoms with E-state index in [0.29, 0.717) is 0 Å². The molecule has 0 aromatic heterocycles. The molecular formula is C12H23NO. The van der Waals surface area contributed by atoms with E-state index in [1.54, 1.807) is 7.11 Å². The monoisotopic (exact) mass is 197 g/mol. The van der Waals surface area contributed by atoms with Gasteiger partial charge < -0.3 is 10.1 Å². The minimum atomic E-state index is 0.732. The summed E-state index contributed by atoms with van der Waals surface area (Å²) >= 11 is 0. The van der Waals surface area contributed by atoms with Crippen molar-refractivity contribution in [3.63, 3.8) is 0 Å². The Morgan fingerprint density at radius 3 is 2.43 bits per heavy atom. The highest BCUT2D eigenvalue weighted by molar-refractivity contribution is 5.17. The van der Waals surface area contributed by atoms with Crippen molar-refractivity contribution in [2.24, 2.45) is 10.8 Å². The van der Waals surface area contributed by atoms with E-state index in [-0.39, 0.29) is 0 Å². The quantitative estimate of drug-likeness (QED) is 0.632. The van der Waals surface area contributed by atoms with Crippen LogP contribution in [-0.4, -0.2) is 27.3 Å². The molecule has 0 heterocycles. The lowest BCUT2D eigenvalue weighted by Crippen LogP contribution is -2.64. The molecule has 82 valence electrons. The maximum Gasteiger partial charge on any atom is 0.0462 e. The van der Waals surface area contributed by atoms with Gasteiger partial charge in [0, 0.05) is 20.3 Å². The smallest absolute Gasteiger partial charge is 0.0462 e. The van der Waals surface area contributed by atoms with Crippen LogP contribution in [0.15, 0.2) is 0 Å². The molecule has 0 aromatic carbocycles. The van der Waals surface area contributed by atoms with E-state index < -0.39 is 0 Å². The van der Waals surface area contributed by atoms with E-state index in [2.05, 4.69) is 12.4 Å². The molecule has 2 nitrogen and oxygen atoms in total. The summed E-state index contributed by atoms with van der Waals surface area (Å²) in [5, 5.41) is 3.32. The molecule has 0 amide bonds. The Kier molecular flexibility index (Phi) is 2.85. The maximum absolute atomic E-state index is 5.07. The van der Waals surface area contributed by atoms with Crippen LogP contribution in [0.5, 0.6) is 0 Å². The molecule has 3 aliphatic carbocycles. The molecule has 1 N–H and O–H groups in total. The highest BCUT2D eigenvalue weighted by Crippen LogP contribution is 2.74. The summed E-state index contributed by atoms with van der Waals surface area (Å²) in [5.74, 6) is 0. The van der Waals surface area contributed by atoms with Crippen LogP contribution < -0.4 is 5.32 Å². The van der Waals surface area contributed by atoms with Gasteiger partial charge in [0.15, 0.2) is 0 Å². The van der Waals surface area contributed by atoms with Crippen molar-refractivity contribution >= 4 is 0 Å². The lowest BCUT2D eigenvalue weighted by atomic mass is 9.34. The molecule has 0 aromatic rings. The van der Waals surface area contributed by atoms with Crippen molar-refractivity contribution in [3.8, 4) is 0 Å². The van der Waals surface area contributed by atoms with Crippen LogP contribution in [0.4, 0.5) is 0 Å². The fraction of sp³-hybridized carbons (Fsp3) is 1.00. The third kappa shape index (κ3) is 1.70. The molecule has 3 rings (SSSR count). The number of hydrogen-bond donors (Lipinski definition) is 1. The van der Waals surface area contributed by atoms with Crippen LogP contribution in [0.1, 0.15) is 38.5 Å². The fourth-order valence-corrected chi connectivity index (χ4v) is 3.81. The number of unbranched alkanes of at least 4 members (excludes halogenated alkanes) is 1. The van der Waals surface area contributed by atoms with Crippen LogP contribution in [0, 0.1) is 10.8 Å². The zero-order valence-corrected chi connectivity index (χ0v) is 9.57. The van der Waals surface area contributed by atoms with Gasteiger partial charge in [0.25, 0.3) is 0 Å². The number of nitrogens with one attached hydrogen (secondary N) is 1. The predicted molar refractivity (Wildman–Crippen MR) is 58.4 cm³/mol. The van der Waals surface area contributed by atoms with Crippen molar-refractivity contribution in [2.75, 3.05) is 27.3 Å². The van der Waals surface area contributed by atoms with E-state index >= 15 is 0 Å². The molecule has 3 saturated carbocycles. The summed E-state index contributed by atoms with van der Waals surface area (Å²) in [6.07, 6.45) is 8.54. The molecule has 2 heteroatoms. The van der Waals surface area contributed by atoms with Crippen molar-refractivity contribution in [2.45, 2.75) is 38.5 Å². The minimum absolute atomic E-state index is 0.732. The lowest BCUT2D eigenvalue weighted by molar-refractivity contribution is -0.204. The first-order chi connectivity index (χ1) is 6.74. The molecule has 14 heavy (non-hydrogen) atoms. The fourth-order valence-electron chi connectivity index (χ4n) is 3.81. The topological polar surface area (TPSA) is 21.3 Å². The first-order valence-electron chi connectivity index (χ1n) is 5.88. The highest BCUT2D eigenvalue weighted by atomic mass is 16.5. The van der Waals surface area contributed by atoms with Gasteiger partial charge in [-0.1, -0.05) is 6.42 Å². The number of methoxy groups -OCH3 is 1. The van der Waals surface area contributed by atoms with Gasteiger partial charge in [-0.2, -0.15) is 0 Å². The zero-order chi connectivity index (χ0) is 10.1. The van der Waals surface area contributed by atoms with Gasteiger partial charge >= 0.3 is 0 Å².